The number of carbonyl (C=O) groups excluding carboxylic acids is 1. The third-order valence-corrected chi connectivity index (χ3v) is 2.93. The van der Waals surface area contributed by atoms with Gasteiger partial charge in [0.2, 0.25) is 0 Å². The van der Waals surface area contributed by atoms with Crippen molar-refractivity contribution in [1.82, 2.24) is 5.32 Å². The van der Waals surface area contributed by atoms with Gasteiger partial charge < -0.3 is 19.9 Å². The molecule has 0 fully saturated rings. The van der Waals surface area contributed by atoms with Crippen LogP contribution in [0, 0.1) is 0 Å². The lowest BCUT2D eigenvalue weighted by atomic mass is 10.1. The van der Waals surface area contributed by atoms with Crippen molar-refractivity contribution in [2.24, 2.45) is 0 Å². The lowest BCUT2D eigenvalue weighted by Gasteiger charge is -2.24. The average Bonchev–Trinajstić information content (AvgIpc) is 2.33. The zero-order chi connectivity index (χ0) is 15.3. The zero-order valence-electron chi connectivity index (χ0n) is 12.1. The number of aliphatic hydroxyl groups is 1. The molecule has 1 amide bonds. The first-order valence-corrected chi connectivity index (χ1v) is 7.00. The van der Waals surface area contributed by atoms with Crippen LogP contribution in [0.2, 0.25) is 0 Å². The number of methoxy groups -OCH3 is 1. The molecule has 0 spiro atoms. The Morgan fingerprint density at radius 3 is 2.60 bits per heavy atom. The number of nitrogens with one attached hydrogen (secondary N) is 1. The number of carbonyl (C=O) groups is 1. The van der Waals surface area contributed by atoms with E-state index in [2.05, 4.69) is 21.2 Å². The van der Waals surface area contributed by atoms with Gasteiger partial charge in [-0.05, 0) is 39.0 Å². The van der Waals surface area contributed by atoms with Crippen molar-refractivity contribution in [3.8, 4) is 5.75 Å². The van der Waals surface area contributed by atoms with Crippen molar-refractivity contribution in [3.63, 3.8) is 0 Å². The quantitative estimate of drug-likeness (QED) is 0.880. The van der Waals surface area contributed by atoms with E-state index in [1.807, 2.05) is 6.07 Å². The number of rotatable bonds is 4. The summed E-state index contributed by atoms with van der Waals surface area (Å²) >= 11 is 3.36. The van der Waals surface area contributed by atoms with Crippen LogP contribution >= 0.6 is 15.9 Å². The fourth-order valence-electron chi connectivity index (χ4n) is 1.65. The molecule has 0 saturated carbocycles. The summed E-state index contributed by atoms with van der Waals surface area (Å²) in [4.78, 5) is 11.8. The van der Waals surface area contributed by atoms with Gasteiger partial charge in [0.1, 0.15) is 11.4 Å². The summed E-state index contributed by atoms with van der Waals surface area (Å²) in [5, 5.41) is 12.1. The molecule has 0 bridgehead atoms. The molecule has 1 rings (SSSR count). The maximum absolute atomic E-state index is 11.8. The third-order valence-electron chi connectivity index (χ3n) is 2.44. The number of aliphatic hydroxyl groups excluding tert-OH is 1. The molecule has 0 aliphatic heterocycles. The van der Waals surface area contributed by atoms with Crippen LogP contribution in [0.1, 0.15) is 32.4 Å². The van der Waals surface area contributed by atoms with Crippen molar-refractivity contribution < 1.29 is 19.4 Å². The predicted octanol–water partition coefficient (Wildman–Crippen LogP) is 3.02. The second-order valence-electron chi connectivity index (χ2n) is 5.27. The third kappa shape index (κ3) is 5.02. The van der Waals surface area contributed by atoms with Crippen molar-refractivity contribution in [2.75, 3.05) is 13.7 Å². The van der Waals surface area contributed by atoms with Gasteiger partial charge >= 0.3 is 6.09 Å². The van der Waals surface area contributed by atoms with E-state index in [1.54, 1.807) is 32.9 Å². The Kier molecular flexibility index (Phi) is 5.83. The first kappa shape index (κ1) is 16.8. The molecule has 1 aromatic carbocycles. The van der Waals surface area contributed by atoms with E-state index >= 15 is 0 Å². The normalized spacial score (nSPS) is 12.7. The Morgan fingerprint density at radius 1 is 1.45 bits per heavy atom. The average molecular weight is 346 g/mol. The van der Waals surface area contributed by atoms with E-state index in [1.165, 1.54) is 7.11 Å². The molecule has 5 nitrogen and oxygen atoms in total. The summed E-state index contributed by atoms with van der Waals surface area (Å²) in [6.07, 6.45) is -0.585. The summed E-state index contributed by atoms with van der Waals surface area (Å²) < 4.78 is 11.3. The topological polar surface area (TPSA) is 67.8 Å². The highest BCUT2D eigenvalue weighted by atomic mass is 79.9. The molecule has 6 heteroatoms. The van der Waals surface area contributed by atoms with Crippen LogP contribution in [0.15, 0.2) is 22.7 Å². The molecule has 20 heavy (non-hydrogen) atoms. The van der Waals surface area contributed by atoms with E-state index in [0.717, 1.165) is 4.47 Å². The van der Waals surface area contributed by atoms with Crippen LogP contribution in [0.3, 0.4) is 0 Å². The van der Waals surface area contributed by atoms with Gasteiger partial charge in [0.25, 0.3) is 0 Å². The molecule has 1 aromatic rings. The number of amides is 1. The molecule has 0 aromatic heterocycles. The number of alkyl carbamates (subject to hydrolysis) is 1. The Hall–Kier alpha value is -1.27. The second kappa shape index (κ2) is 6.95. The summed E-state index contributed by atoms with van der Waals surface area (Å²) in [6.45, 7) is 5.08. The molecule has 1 unspecified atom stereocenters. The van der Waals surface area contributed by atoms with Crippen LogP contribution < -0.4 is 10.1 Å². The zero-order valence-corrected chi connectivity index (χ0v) is 13.7. The highest BCUT2D eigenvalue weighted by Gasteiger charge is 2.22. The van der Waals surface area contributed by atoms with Crippen LogP contribution in [0.5, 0.6) is 5.75 Å². The fourth-order valence-corrected chi connectivity index (χ4v) is 2.03. The Balaban J connectivity index is 2.91. The van der Waals surface area contributed by atoms with Crippen LogP contribution in [-0.4, -0.2) is 30.5 Å². The highest BCUT2D eigenvalue weighted by molar-refractivity contribution is 9.10. The van der Waals surface area contributed by atoms with Crippen LogP contribution in [0.4, 0.5) is 4.79 Å². The molecule has 2 N–H and O–H groups in total. The molecule has 112 valence electrons. The minimum Gasteiger partial charge on any atom is -0.496 e. The lowest BCUT2D eigenvalue weighted by molar-refractivity contribution is 0.0481. The number of hydrogen-bond acceptors (Lipinski definition) is 4. The number of halogens is 1. The van der Waals surface area contributed by atoms with Crippen molar-refractivity contribution >= 4 is 22.0 Å². The largest absolute Gasteiger partial charge is 0.496 e. The smallest absolute Gasteiger partial charge is 0.408 e. The first-order valence-electron chi connectivity index (χ1n) is 6.20. The minimum atomic E-state index is -0.600. The second-order valence-corrected chi connectivity index (χ2v) is 6.18. The van der Waals surface area contributed by atoms with Gasteiger partial charge in [-0.25, -0.2) is 4.79 Å². The van der Waals surface area contributed by atoms with Gasteiger partial charge in [0.15, 0.2) is 0 Å². The maximum atomic E-state index is 11.8. The molecular formula is C14H20BrNO4. The number of hydrogen-bond donors (Lipinski definition) is 2. The van der Waals surface area contributed by atoms with Gasteiger partial charge in [-0.3, -0.25) is 0 Å². The molecule has 0 aliphatic rings. The molecule has 0 saturated heterocycles. The standard InChI is InChI=1S/C14H20BrNO4/c1-14(2,3)20-13(18)16-11(8-17)10-7-9(15)5-6-12(10)19-4/h5-7,11,17H,8H2,1-4H3,(H,16,18). The van der Waals surface area contributed by atoms with Crippen LogP contribution in [-0.2, 0) is 4.74 Å². The number of ether oxygens (including phenoxy) is 2. The minimum absolute atomic E-state index is 0.258. The summed E-state index contributed by atoms with van der Waals surface area (Å²) in [6, 6.07) is 4.78. The van der Waals surface area contributed by atoms with Crippen molar-refractivity contribution in [1.29, 1.82) is 0 Å². The summed E-state index contributed by atoms with van der Waals surface area (Å²) in [5.74, 6) is 0.586. The highest BCUT2D eigenvalue weighted by Crippen LogP contribution is 2.28. The molecule has 0 heterocycles. The van der Waals surface area contributed by atoms with Gasteiger partial charge in [0.05, 0.1) is 19.8 Å². The Morgan fingerprint density at radius 2 is 2.10 bits per heavy atom. The summed E-state index contributed by atoms with van der Waals surface area (Å²) in [7, 11) is 1.54. The van der Waals surface area contributed by atoms with E-state index < -0.39 is 17.7 Å². The fraction of sp³-hybridized carbons (Fsp3) is 0.500. The first-order chi connectivity index (χ1) is 9.26. The molecule has 1 atom stereocenters. The van der Waals surface area contributed by atoms with E-state index in [0.29, 0.717) is 11.3 Å². The Labute approximate surface area is 127 Å². The van der Waals surface area contributed by atoms with Gasteiger partial charge in [-0.2, -0.15) is 0 Å². The van der Waals surface area contributed by atoms with E-state index in [4.69, 9.17) is 9.47 Å². The monoisotopic (exact) mass is 345 g/mol. The Bertz CT molecular complexity index is 471. The predicted molar refractivity (Wildman–Crippen MR) is 79.9 cm³/mol. The van der Waals surface area contributed by atoms with E-state index in [9.17, 15) is 9.90 Å². The number of benzene rings is 1. The molecular weight excluding hydrogens is 326 g/mol. The molecule has 0 radical (unpaired) electrons. The SMILES string of the molecule is COc1ccc(Br)cc1C(CO)NC(=O)OC(C)(C)C. The van der Waals surface area contributed by atoms with Crippen molar-refractivity contribution in [3.05, 3.63) is 28.2 Å². The van der Waals surface area contributed by atoms with Crippen LogP contribution in [0.25, 0.3) is 0 Å². The van der Waals surface area contributed by atoms with Gasteiger partial charge in [0, 0.05) is 10.0 Å². The van der Waals surface area contributed by atoms with E-state index in [-0.39, 0.29) is 6.61 Å². The van der Waals surface area contributed by atoms with Gasteiger partial charge in [-0.1, -0.05) is 15.9 Å². The van der Waals surface area contributed by atoms with Crippen molar-refractivity contribution in [2.45, 2.75) is 32.4 Å². The van der Waals surface area contributed by atoms with Gasteiger partial charge in [-0.15, -0.1) is 0 Å². The lowest BCUT2D eigenvalue weighted by Crippen LogP contribution is -2.36. The molecule has 0 aliphatic carbocycles. The maximum Gasteiger partial charge on any atom is 0.408 e. The summed E-state index contributed by atoms with van der Waals surface area (Å²) in [5.41, 5.74) is 0.0843.